The van der Waals surface area contributed by atoms with Crippen LogP contribution in [0.4, 0.5) is 4.79 Å². The quantitative estimate of drug-likeness (QED) is 0.526. The van der Waals surface area contributed by atoms with E-state index in [1.807, 2.05) is 75.4 Å². The van der Waals surface area contributed by atoms with Crippen molar-refractivity contribution < 1.29 is 13.7 Å². The minimum absolute atomic E-state index is 0.208. The number of ether oxygens (including phenoxy) is 1. The zero-order valence-corrected chi connectivity index (χ0v) is 20.4. The highest BCUT2D eigenvalue weighted by molar-refractivity contribution is 7.85. The number of hydrogen-bond donors (Lipinski definition) is 1. The summed E-state index contributed by atoms with van der Waals surface area (Å²) >= 11 is 6.23. The molecule has 32 heavy (non-hydrogen) atoms. The monoisotopic (exact) mass is 474 g/mol. The van der Waals surface area contributed by atoms with Gasteiger partial charge >= 0.3 is 6.09 Å². The number of alkyl carbamates (subject to hydrolysis) is 1. The Labute approximate surface area is 198 Å². The minimum Gasteiger partial charge on any atom is -0.445 e. The van der Waals surface area contributed by atoms with E-state index in [-0.39, 0.29) is 23.3 Å². The Morgan fingerprint density at radius 1 is 1.16 bits per heavy atom. The maximum Gasteiger partial charge on any atom is 0.407 e. The van der Waals surface area contributed by atoms with Gasteiger partial charge in [0.15, 0.2) is 0 Å². The van der Waals surface area contributed by atoms with Crippen molar-refractivity contribution in [2.75, 3.05) is 0 Å². The highest BCUT2D eigenvalue weighted by Crippen LogP contribution is 2.35. The third-order valence-electron chi connectivity index (χ3n) is 5.51. The average Bonchev–Trinajstić information content (AvgIpc) is 2.77. The van der Waals surface area contributed by atoms with Crippen LogP contribution in [0.1, 0.15) is 63.6 Å². The lowest BCUT2D eigenvalue weighted by atomic mass is 9.80. The second-order valence-electron chi connectivity index (χ2n) is 9.10. The zero-order valence-electron chi connectivity index (χ0n) is 18.8. The van der Waals surface area contributed by atoms with Crippen LogP contribution in [0, 0.1) is 5.92 Å². The highest BCUT2D eigenvalue weighted by Gasteiger charge is 2.30. The van der Waals surface area contributed by atoms with Gasteiger partial charge < -0.3 is 10.1 Å². The summed E-state index contributed by atoms with van der Waals surface area (Å²) in [6, 6.07) is 17.0. The third-order valence-corrected chi connectivity index (χ3v) is 7.22. The van der Waals surface area contributed by atoms with Gasteiger partial charge in [-0.25, -0.2) is 9.00 Å². The number of nitrogens with one attached hydrogen (secondary N) is 1. The molecule has 1 aliphatic rings. The molecule has 1 amide bonds. The van der Waals surface area contributed by atoms with E-state index in [9.17, 15) is 9.00 Å². The predicted molar refractivity (Wildman–Crippen MR) is 131 cm³/mol. The largest absolute Gasteiger partial charge is 0.445 e. The topological polar surface area (TPSA) is 67.8 Å². The normalized spacial score (nSPS) is 18.5. The number of benzene rings is 2. The van der Waals surface area contributed by atoms with Gasteiger partial charge in [-0.2, -0.15) is 4.40 Å². The first-order chi connectivity index (χ1) is 15.2. The summed E-state index contributed by atoms with van der Waals surface area (Å²) in [6.45, 7) is 6.01. The molecule has 1 N–H and O–H groups in total. The number of carbonyl (C=O) groups excluding carboxylic acids is 1. The van der Waals surface area contributed by atoms with Crippen molar-refractivity contribution in [3.8, 4) is 0 Å². The molecule has 2 aromatic carbocycles. The molecular formula is C25H31ClN2O3S. The molecule has 0 saturated heterocycles. The SMILES string of the molecule is CC(C)(C)S(=O)N=C1CCC(C(NC(=O)OCc2ccccc2)c2cccc(Cl)c2)CC1. The number of nitrogens with zero attached hydrogens (tertiary/aromatic N) is 1. The molecule has 1 aliphatic carbocycles. The Bertz CT molecular complexity index is 963. The van der Waals surface area contributed by atoms with E-state index in [0.29, 0.717) is 5.02 Å². The summed E-state index contributed by atoms with van der Waals surface area (Å²) in [6.07, 6.45) is 2.77. The smallest absolute Gasteiger partial charge is 0.407 e. The first kappa shape index (κ1) is 24.5. The predicted octanol–water partition coefficient (Wildman–Crippen LogP) is 6.40. The lowest BCUT2D eigenvalue weighted by Crippen LogP contribution is -2.35. The Morgan fingerprint density at radius 3 is 2.47 bits per heavy atom. The maximum atomic E-state index is 12.6. The molecule has 0 spiro atoms. The third kappa shape index (κ3) is 7.17. The van der Waals surface area contributed by atoms with Gasteiger partial charge in [-0.1, -0.05) is 54.1 Å². The summed E-state index contributed by atoms with van der Waals surface area (Å²) < 4.78 is 21.9. The van der Waals surface area contributed by atoms with Gasteiger partial charge in [0.2, 0.25) is 0 Å². The van der Waals surface area contributed by atoms with Crippen molar-refractivity contribution in [3.05, 3.63) is 70.7 Å². The Morgan fingerprint density at radius 2 is 1.84 bits per heavy atom. The molecule has 0 aromatic heterocycles. The fraction of sp³-hybridized carbons (Fsp3) is 0.440. The van der Waals surface area contributed by atoms with E-state index < -0.39 is 17.1 Å². The van der Waals surface area contributed by atoms with E-state index in [2.05, 4.69) is 9.71 Å². The van der Waals surface area contributed by atoms with Crippen LogP contribution >= 0.6 is 11.6 Å². The van der Waals surface area contributed by atoms with Gasteiger partial charge in [-0.15, -0.1) is 0 Å². The molecule has 2 aromatic rings. The Balaban J connectivity index is 1.68. The molecule has 1 saturated carbocycles. The first-order valence-electron chi connectivity index (χ1n) is 10.9. The number of carbonyl (C=O) groups is 1. The molecule has 3 rings (SSSR count). The number of rotatable bonds is 6. The molecule has 0 heterocycles. The highest BCUT2D eigenvalue weighted by atomic mass is 35.5. The van der Waals surface area contributed by atoms with Crippen molar-refractivity contribution >= 4 is 34.4 Å². The lowest BCUT2D eigenvalue weighted by molar-refractivity contribution is 0.130. The van der Waals surface area contributed by atoms with Crippen molar-refractivity contribution in [1.82, 2.24) is 5.32 Å². The summed E-state index contributed by atoms with van der Waals surface area (Å²) in [5.41, 5.74) is 2.89. The Hall–Kier alpha value is -2.18. The fourth-order valence-electron chi connectivity index (χ4n) is 3.72. The van der Waals surface area contributed by atoms with Gasteiger partial charge in [0.1, 0.15) is 17.6 Å². The van der Waals surface area contributed by atoms with Crippen LogP contribution in [-0.2, 0) is 22.3 Å². The number of amides is 1. The first-order valence-corrected chi connectivity index (χ1v) is 12.4. The van der Waals surface area contributed by atoms with Gasteiger partial charge in [0.05, 0.1) is 10.8 Å². The minimum atomic E-state index is -1.25. The van der Waals surface area contributed by atoms with Crippen LogP contribution in [-0.4, -0.2) is 20.8 Å². The zero-order chi connectivity index (χ0) is 23.1. The van der Waals surface area contributed by atoms with Crippen molar-refractivity contribution in [3.63, 3.8) is 0 Å². The molecule has 5 nitrogen and oxygen atoms in total. The molecule has 172 valence electrons. The fourth-order valence-corrected chi connectivity index (χ4v) is 4.61. The van der Waals surface area contributed by atoms with Gasteiger partial charge in [0, 0.05) is 10.7 Å². The summed E-state index contributed by atoms with van der Waals surface area (Å²) in [7, 11) is -1.25. The second-order valence-corrected chi connectivity index (χ2v) is 11.4. The Kier molecular flexibility index (Phi) is 8.49. The lowest BCUT2D eigenvalue weighted by Gasteiger charge is -2.32. The van der Waals surface area contributed by atoms with Crippen LogP contribution in [0.25, 0.3) is 0 Å². The van der Waals surface area contributed by atoms with Crippen molar-refractivity contribution in [2.24, 2.45) is 10.3 Å². The van der Waals surface area contributed by atoms with Gasteiger partial charge in [0.25, 0.3) is 0 Å². The van der Waals surface area contributed by atoms with E-state index in [4.69, 9.17) is 16.3 Å². The maximum absolute atomic E-state index is 12.6. The molecular weight excluding hydrogens is 444 g/mol. The number of hydrogen-bond acceptors (Lipinski definition) is 3. The number of halogens is 1. The molecule has 2 unspecified atom stereocenters. The van der Waals surface area contributed by atoms with Crippen molar-refractivity contribution in [2.45, 2.75) is 63.9 Å². The molecule has 2 atom stereocenters. The van der Waals surface area contributed by atoms with Crippen LogP contribution in [0.15, 0.2) is 59.0 Å². The van der Waals surface area contributed by atoms with E-state index in [0.717, 1.165) is 42.5 Å². The van der Waals surface area contributed by atoms with Gasteiger partial charge in [-0.3, -0.25) is 0 Å². The van der Waals surface area contributed by atoms with Crippen molar-refractivity contribution in [1.29, 1.82) is 0 Å². The summed E-state index contributed by atoms with van der Waals surface area (Å²) in [5.74, 6) is 0.208. The second kappa shape index (κ2) is 11.1. The molecule has 0 bridgehead atoms. The molecule has 7 heteroatoms. The molecule has 1 fully saturated rings. The van der Waals surface area contributed by atoms with E-state index >= 15 is 0 Å². The summed E-state index contributed by atoms with van der Waals surface area (Å²) in [5, 5.41) is 3.69. The molecule has 0 radical (unpaired) electrons. The van der Waals surface area contributed by atoms with Crippen LogP contribution in [0.2, 0.25) is 5.02 Å². The van der Waals surface area contributed by atoms with Crippen LogP contribution in [0.3, 0.4) is 0 Å². The van der Waals surface area contributed by atoms with Gasteiger partial charge in [-0.05, 0) is 75.6 Å². The standard InChI is InChI=1S/C25H31ClN2O3S/c1-25(2,3)32(30)28-22-14-12-19(13-15-22)23(20-10-7-11-21(26)16-20)27-24(29)31-17-18-8-5-4-6-9-18/h4-11,16,19,23H,12-15,17H2,1-3H3,(H,27,29). The van der Waals surface area contributed by atoms with E-state index in [1.54, 1.807) is 0 Å². The van der Waals surface area contributed by atoms with Crippen LogP contribution in [0.5, 0.6) is 0 Å². The molecule has 0 aliphatic heterocycles. The summed E-state index contributed by atoms with van der Waals surface area (Å²) in [4.78, 5) is 12.6. The van der Waals surface area contributed by atoms with Crippen LogP contribution < -0.4 is 5.32 Å². The van der Waals surface area contributed by atoms with E-state index in [1.165, 1.54) is 0 Å². The average molecular weight is 475 g/mol.